The van der Waals surface area contributed by atoms with E-state index in [0.717, 1.165) is 12.2 Å². The average molecular weight is 190 g/mol. The van der Waals surface area contributed by atoms with Crippen LogP contribution in [-0.4, -0.2) is 35.3 Å². The van der Waals surface area contributed by atoms with Gasteiger partial charge in [-0.3, -0.25) is 4.79 Å². The van der Waals surface area contributed by atoms with Gasteiger partial charge in [0.2, 0.25) is 0 Å². The zero-order chi connectivity index (χ0) is 8.97. The Labute approximate surface area is 76.5 Å². The molecule has 0 amide bonds. The monoisotopic (exact) mass is 190 g/mol. The van der Waals surface area contributed by atoms with Crippen molar-refractivity contribution in [2.75, 3.05) is 18.1 Å². The van der Waals surface area contributed by atoms with Crippen LogP contribution in [0.4, 0.5) is 0 Å². The lowest BCUT2D eigenvalue weighted by Gasteiger charge is -2.14. The Hall–Kier alpha value is -0.220. The molecule has 0 aromatic heterocycles. The van der Waals surface area contributed by atoms with Crippen molar-refractivity contribution >= 4 is 17.7 Å². The first-order chi connectivity index (χ1) is 5.75. The van der Waals surface area contributed by atoms with Crippen LogP contribution in [0.2, 0.25) is 0 Å². The molecule has 2 unspecified atom stereocenters. The van der Waals surface area contributed by atoms with Gasteiger partial charge in [0, 0.05) is 18.1 Å². The SMILES string of the molecule is CCCOC1CSCC1C(=O)O. The standard InChI is InChI=1S/C8H14O3S/c1-2-3-11-7-5-12-4-6(7)8(9)10/h6-7H,2-5H2,1H3,(H,9,10). The van der Waals surface area contributed by atoms with E-state index >= 15 is 0 Å². The summed E-state index contributed by atoms with van der Waals surface area (Å²) >= 11 is 1.66. The highest BCUT2D eigenvalue weighted by atomic mass is 32.2. The number of hydrogen-bond donors (Lipinski definition) is 1. The smallest absolute Gasteiger partial charge is 0.310 e. The van der Waals surface area contributed by atoms with Crippen molar-refractivity contribution in [3.05, 3.63) is 0 Å². The fraction of sp³-hybridized carbons (Fsp3) is 0.875. The van der Waals surface area contributed by atoms with Crippen molar-refractivity contribution < 1.29 is 14.6 Å². The summed E-state index contributed by atoms with van der Waals surface area (Å²) in [6.07, 6.45) is 0.889. The Kier molecular flexibility index (Phi) is 3.88. The molecule has 12 heavy (non-hydrogen) atoms. The van der Waals surface area contributed by atoms with Gasteiger partial charge in [0.15, 0.2) is 0 Å². The molecule has 0 aromatic carbocycles. The molecule has 2 atom stereocenters. The van der Waals surface area contributed by atoms with Crippen LogP contribution in [0.5, 0.6) is 0 Å². The highest BCUT2D eigenvalue weighted by Crippen LogP contribution is 2.26. The van der Waals surface area contributed by atoms with Gasteiger partial charge in [-0.05, 0) is 6.42 Å². The normalized spacial score (nSPS) is 29.1. The van der Waals surface area contributed by atoms with E-state index in [1.54, 1.807) is 11.8 Å². The van der Waals surface area contributed by atoms with E-state index in [9.17, 15) is 4.79 Å². The number of hydrogen-bond acceptors (Lipinski definition) is 3. The van der Waals surface area contributed by atoms with Crippen LogP contribution in [0.3, 0.4) is 0 Å². The zero-order valence-corrected chi connectivity index (χ0v) is 7.97. The van der Waals surface area contributed by atoms with Crippen LogP contribution < -0.4 is 0 Å². The summed E-state index contributed by atoms with van der Waals surface area (Å²) in [5, 5.41) is 8.79. The number of rotatable bonds is 4. The van der Waals surface area contributed by atoms with Gasteiger partial charge in [-0.15, -0.1) is 0 Å². The van der Waals surface area contributed by atoms with Crippen molar-refractivity contribution in [1.29, 1.82) is 0 Å². The van der Waals surface area contributed by atoms with E-state index in [-0.39, 0.29) is 12.0 Å². The molecule has 1 rings (SSSR count). The Morgan fingerprint density at radius 1 is 1.67 bits per heavy atom. The van der Waals surface area contributed by atoms with Crippen molar-refractivity contribution in [3.63, 3.8) is 0 Å². The molecule has 4 heteroatoms. The maximum atomic E-state index is 10.7. The lowest BCUT2D eigenvalue weighted by Crippen LogP contribution is -2.29. The molecule has 3 nitrogen and oxygen atoms in total. The lowest BCUT2D eigenvalue weighted by atomic mass is 10.1. The molecule has 0 radical (unpaired) electrons. The number of aliphatic carboxylic acids is 1. The molecule has 70 valence electrons. The molecule has 0 spiro atoms. The first kappa shape index (κ1) is 9.86. The zero-order valence-electron chi connectivity index (χ0n) is 7.16. The van der Waals surface area contributed by atoms with E-state index < -0.39 is 5.97 Å². The number of ether oxygens (including phenoxy) is 1. The fourth-order valence-electron chi connectivity index (χ4n) is 1.20. The van der Waals surface area contributed by atoms with Crippen molar-refractivity contribution in [3.8, 4) is 0 Å². The highest BCUT2D eigenvalue weighted by molar-refractivity contribution is 7.99. The Balaban J connectivity index is 2.35. The third-order valence-corrected chi connectivity index (χ3v) is 3.04. The fourth-order valence-corrected chi connectivity index (χ4v) is 2.51. The average Bonchev–Trinajstić information content (AvgIpc) is 2.48. The van der Waals surface area contributed by atoms with Crippen LogP contribution in [-0.2, 0) is 9.53 Å². The van der Waals surface area contributed by atoms with E-state index in [2.05, 4.69) is 0 Å². The van der Waals surface area contributed by atoms with Gasteiger partial charge in [0.05, 0.1) is 12.0 Å². The van der Waals surface area contributed by atoms with E-state index in [4.69, 9.17) is 9.84 Å². The van der Waals surface area contributed by atoms with Gasteiger partial charge in [0.1, 0.15) is 0 Å². The van der Waals surface area contributed by atoms with E-state index in [1.165, 1.54) is 0 Å². The molecule has 0 bridgehead atoms. The summed E-state index contributed by atoms with van der Waals surface area (Å²) in [4.78, 5) is 10.7. The Bertz CT molecular complexity index is 160. The quantitative estimate of drug-likeness (QED) is 0.724. The number of carboxylic acid groups (broad SMARTS) is 1. The molecular formula is C8H14O3S. The number of carbonyl (C=O) groups is 1. The van der Waals surface area contributed by atoms with Gasteiger partial charge in [0.25, 0.3) is 0 Å². The van der Waals surface area contributed by atoms with Crippen LogP contribution in [0, 0.1) is 5.92 Å². The number of carboxylic acids is 1. The Morgan fingerprint density at radius 3 is 3.00 bits per heavy atom. The summed E-state index contributed by atoms with van der Waals surface area (Å²) in [5.41, 5.74) is 0. The van der Waals surface area contributed by atoms with Gasteiger partial charge in [-0.2, -0.15) is 11.8 Å². The molecule has 0 saturated carbocycles. The second kappa shape index (κ2) is 4.72. The minimum atomic E-state index is -0.721. The number of thioether (sulfide) groups is 1. The van der Waals surface area contributed by atoms with Crippen LogP contribution in [0.15, 0.2) is 0 Å². The second-order valence-electron chi connectivity index (χ2n) is 2.89. The first-order valence-corrected chi connectivity index (χ1v) is 5.33. The molecule has 1 saturated heterocycles. The largest absolute Gasteiger partial charge is 0.481 e. The van der Waals surface area contributed by atoms with E-state index in [1.807, 2.05) is 6.92 Å². The van der Waals surface area contributed by atoms with Crippen LogP contribution in [0.25, 0.3) is 0 Å². The van der Waals surface area contributed by atoms with Gasteiger partial charge in [-0.1, -0.05) is 6.92 Å². The predicted octanol–water partition coefficient (Wildman–Crippen LogP) is 1.23. The van der Waals surface area contributed by atoms with Crippen LogP contribution >= 0.6 is 11.8 Å². The van der Waals surface area contributed by atoms with Crippen LogP contribution in [0.1, 0.15) is 13.3 Å². The third-order valence-electron chi connectivity index (χ3n) is 1.88. The van der Waals surface area contributed by atoms with Crippen molar-refractivity contribution in [2.24, 2.45) is 5.92 Å². The maximum Gasteiger partial charge on any atom is 0.310 e. The summed E-state index contributed by atoms with van der Waals surface area (Å²) < 4.78 is 5.42. The maximum absolute atomic E-state index is 10.7. The minimum Gasteiger partial charge on any atom is -0.481 e. The molecular weight excluding hydrogens is 176 g/mol. The van der Waals surface area contributed by atoms with Gasteiger partial charge < -0.3 is 9.84 Å². The van der Waals surface area contributed by atoms with Crippen molar-refractivity contribution in [2.45, 2.75) is 19.4 Å². The highest BCUT2D eigenvalue weighted by Gasteiger charge is 2.33. The molecule has 1 aliphatic rings. The molecule has 0 aromatic rings. The predicted molar refractivity (Wildman–Crippen MR) is 48.5 cm³/mol. The summed E-state index contributed by atoms with van der Waals surface area (Å²) in [6, 6.07) is 0. The second-order valence-corrected chi connectivity index (χ2v) is 3.97. The third kappa shape index (κ3) is 2.38. The topological polar surface area (TPSA) is 46.5 Å². The summed E-state index contributed by atoms with van der Waals surface area (Å²) in [5.74, 6) is 0.517. The molecule has 0 aliphatic carbocycles. The Morgan fingerprint density at radius 2 is 2.42 bits per heavy atom. The summed E-state index contributed by atoms with van der Waals surface area (Å²) in [7, 11) is 0. The lowest BCUT2D eigenvalue weighted by molar-refractivity contribution is -0.145. The van der Waals surface area contributed by atoms with Gasteiger partial charge in [-0.25, -0.2) is 0 Å². The molecule has 1 heterocycles. The first-order valence-electron chi connectivity index (χ1n) is 4.18. The molecule has 1 fully saturated rings. The molecule has 1 N–H and O–H groups in total. The molecule has 1 aliphatic heterocycles. The minimum absolute atomic E-state index is 0.0625. The van der Waals surface area contributed by atoms with E-state index in [0.29, 0.717) is 12.4 Å². The summed E-state index contributed by atoms with van der Waals surface area (Å²) in [6.45, 7) is 2.70. The van der Waals surface area contributed by atoms with Crippen molar-refractivity contribution in [1.82, 2.24) is 0 Å². The van der Waals surface area contributed by atoms with Gasteiger partial charge >= 0.3 is 5.97 Å².